The minimum absolute atomic E-state index is 0. The van der Waals surface area contributed by atoms with E-state index in [4.69, 9.17) is 9.47 Å². The Balaban J connectivity index is 0.00000192. The van der Waals surface area contributed by atoms with Gasteiger partial charge in [0.25, 0.3) is 5.91 Å². The zero-order valence-corrected chi connectivity index (χ0v) is 15.6. The van der Waals surface area contributed by atoms with Gasteiger partial charge in [-0.25, -0.2) is 0 Å². The first kappa shape index (κ1) is 18.4. The third kappa shape index (κ3) is 3.92. The number of fused-ring (bicyclic) bond motifs is 2. The number of ether oxygens (including phenoxy) is 2. The van der Waals surface area contributed by atoms with Crippen molar-refractivity contribution < 1.29 is 14.3 Å². The molecule has 3 rings (SSSR count). The molecule has 2 bridgehead atoms. The molecule has 1 aromatic rings. The molecule has 0 spiro atoms. The van der Waals surface area contributed by atoms with Gasteiger partial charge in [-0.05, 0) is 53.7 Å². The SMILES string of the molecule is COc1cc(C(=O)NC2CC3CCC(C2)N3)cc(OC)c1Br.Cl. The molecule has 0 saturated carbocycles. The number of rotatable bonds is 4. The Labute approximate surface area is 151 Å². The fourth-order valence-electron chi connectivity index (χ4n) is 3.44. The van der Waals surface area contributed by atoms with Gasteiger partial charge in [0.2, 0.25) is 0 Å². The van der Waals surface area contributed by atoms with Gasteiger partial charge in [-0.1, -0.05) is 0 Å². The summed E-state index contributed by atoms with van der Waals surface area (Å²) >= 11 is 3.42. The fraction of sp³-hybridized carbons (Fsp3) is 0.562. The van der Waals surface area contributed by atoms with Crippen molar-refractivity contribution in [3.63, 3.8) is 0 Å². The van der Waals surface area contributed by atoms with Crippen LogP contribution in [-0.2, 0) is 0 Å². The van der Waals surface area contributed by atoms with Crippen molar-refractivity contribution >= 4 is 34.2 Å². The summed E-state index contributed by atoms with van der Waals surface area (Å²) in [7, 11) is 3.15. The Morgan fingerprint density at radius 2 is 1.70 bits per heavy atom. The summed E-state index contributed by atoms with van der Waals surface area (Å²) in [6, 6.07) is 4.82. The lowest BCUT2D eigenvalue weighted by Gasteiger charge is -2.29. The van der Waals surface area contributed by atoms with Crippen molar-refractivity contribution in [3.05, 3.63) is 22.2 Å². The number of nitrogens with one attached hydrogen (secondary N) is 2. The summed E-state index contributed by atoms with van der Waals surface area (Å²) in [6.45, 7) is 0. The molecule has 2 fully saturated rings. The predicted octanol–water partition coefficient (Wildman–Crippen LogP) is 2.90. The molecule has 0 radical (unpaired) electrons. The maximum absolute atomic E-state index is 12.5. The van der Waals surface area contributed by atoms with Crippen LogP contribution in [0.1, 0.15) is 36.0 Å². The van der Waals surface area contributed by atoms with Gasteiger partial charge in [-0.2, -0.15) is 0 Å². The van der Waals surface area contributed by atoms with Crippen molar-refractivity contribution in [2.45, 2.75) is 43.8 Å². The van der Waals surface area contributed by atoms with Crippen LogP contribution in [-0.4, -0.2) is 38.3 Å². The van der Waals surface area contributed by atoms with E-state index in [9.17, 15) is 4.79 Å². The zero-order chi connectivity index (χ0) is 15.7. The van der Waals surface area contributed by atoms with Gasteiger partial charge < -0.3 is 20.1 Å². The van der Waals surface area contributed by atoms with Gasteiger partial charge >= 0.3 is 0 Å². The highest BCUT2D eigenvalue weighted by Gasteiger charge is 2.34. The van der Waals surface area contributed by atoms with Crippen molar-refractivity contribution in [2.24, 2.45) is 0 Å². The molecular formula is C16H22BrClN2O3. The van der Waals surface area contributed by atoms with Gasteiger partial charge in [-0.3, -0.25) is 4.79 Å². The van der Waals surface area contributed by atoms with Crippen LogP contribution in [0.5, 0.6) is 11.5 Å². The lowest BCUT2D eigenvalue weighted by Crippen LogP contribution is -2.48. The Kier molecular flexibility index (Phi) is 6.17. The summed E-state index contributed by atoms with van der Waals surface area (Å²) in [6.07, 6.45) is 4.45. The number of amides is 1. The normalized spacial score (nSPS) is 25.4. The number of hydrogen-bond donors (Lipinski definition) is 2. The highest BCUT2D eigenvalue weighted by Crippen LogP contribution is 2.35. The molecule has 2 aliphatic rings. The van der Waals surface area contributed by atoms with Crippen LogP contribution < -0.4 is 20.1 Å². The van der Waals surface area contributed by atoms with Crippen molar-refractivity contribution in [1.82, 2.24) is 10.6 Å². The van der Waals surface area contributed by atoms with Crippen molar-refractivity contribution in [3.8, 4) is 11.5 Å². The minimum atomic E-state index is -0.0737. The van der Waals surface area contributed by atoms with Crippen LogP contribution in [0.15, 0.2) is 16.6 Å². The Morgan fingerprint density at radius 1 is 1.17 bits per heavy atom. The second-order valence-corrected chi connectivity index (χ2v) is 6.77. The van der Waals surface area contributed by atoms with Crippen LogP contribution in [0, 0.1) is 0 Å². The number of benzene rings is 1. The van der Waals surface area contributed by atoms with Crippen LogP contribution in [0.3, 0.4) is 0 Å². The topological polar surface area (TPSA) is 59.6 Å². The first-order valence-corrected chi connectivity index (χ1v) is 8.38. The Bertz CT molecular complexity index is 547. The second kappa shape index (κ2) is 7.73. The van der Waals surface area contributed by atoms with E-state index in [0.29, 0.717) is 33.6 Å². The summed E-state index contributed by atoms with van der Waals surface area (Å²) in [5.41, 5.74) is 0.558. The van der Waals surface area contributed by atoms with Crippen LogP contribution in [0.4, 0.5) is 0 Å². The largest absolute Gasteiger partial charge is 0.495 e. The minimum Gasteiger partial charge on any atom is -0.495 e. The van der Waals surface area contributed by atoms with Crippen LogP contribution >= 0.6 is 28.3 Å². The summed E-state index contributed by atoms with van der Waals surface area (Å²) in [4.78, 5) is 12.5. The second-order valence-electron chi connectivity index (χ2n) is 5.97. The van der Waals surface area contributed by atoms with Crippen LogP contribution in [0.25, 0.3) is 0 Å². The Hall–Kier alpha value is -0.980. The number of carbonyl (C=O) groups excluding carboxylic acids is 1. The van der Waals surface area contributed by atoms with Gasteiger partial charge in [-0.15, -0.1) is 12.4 Å². The number of carbonyl (C=O) groups is 1. The van der Waals surface area contributed by atoms with Gasteiger partial charge in [0.05, 0.1) is 14.2 Å². The van der Waals surface area contributed by atoms with Gasteiger partial charge in [0.15, 0.2) is 0 Å². The van der Waals surface area contributed by atoms with Crippen molar-refractivity contribution in [1.29, 1.82) is 0 Å². The molecule has 2 saturated heterocycles. The molecule has 0 aromatic heterocycles. The molecule has 2 heterocycles. The van der Waals surface area contributed by atoms with E-state index in [1.807, 2.05) is 0 Å². The molecule has 2 unspecified atom stereocenters. The monoisotopic (exact) mass is 404 g/mol. The molecule has 5 nitrogen and oxygen atoms in total. The maximum atomic E-state index is 12.5. The lowest BCUT2D eigenvalue weighted by molar-refractivity contribution is 0.0923. The third-order valence-electron chi connectivity index (χ3n) is 4.52. The molecule has 128 valence electrons. The highest BCUT2D eigenvalue weighted by atomic mass is 79.9. The third-order valence-corrected chi connectivity index (χ3v) is 5.30. The van der Waals surface area contributed by atoms with E-state index in [1.165, 1.54) is 12.8 Å². The highest BCUT2D eigenvalue weighted by molar-refractivity contribution is 9.10. The number of methoxy groups -OCH3 is 2. The Morgan fingerprint density at radius 3 is 2.17 bits per heavy atom. The summed E-state index contributed by atoms with van der Waals surface area (Å²) in [5, 5.41) is 6.73. The molecular weight excluding hydrogens is 384 g/mol. The molecule has 23 heavy (non-hydrogen) atoms. The van der Waals surface area contributed by atoms with E-state index in [0.717, 1.165) is 12.8 Å². The standard InChI is InChI=1S/C16H21BrN2O3.ClH/c1-21-13-5-9(6-14(22-2)15(13)17)16(20)19-12-7-10-3-4-11(8-12)18-10;/h5-6,10-12,18H,3-4,7-8H2,1-2H3,(H,19,20);1H. The molecule has 2 N–H and O–H groups in total. The van der Waals surface area contributed by atoms with Crippen molar-refractivity contribution in [2.75, 3.05) is 14.2 Å². The van der Waals surface area contributed by atoms with Crippen LogP contribution in [0.2, 0.25) is 0 Å². The predicted molar refractivity (Wildman–Crippen MR) is 94.9 cm³/mol. The number of hydrogen-bond acceptors (Lipinski definition) is 4. The first-order chi connectivity index (χ1) is 10.6. The van der Waals surface area contributed by atoms with Gasteiger partial charge in [0, 0.05) is 23.7 Å². The molecule has 2 atom stereocenters. The number of piperidine rings is 1. The van der Waals surface area contributed by atoms with Gasteiger partial charge in [0.1, 0.15) is 16.0 Å². The average molecular weight is 406 g/mol. The van der Waals surface area contributed by atoms with E-state index in [1.54, 1.807) is 26.4 Å². The molecule has 2 aliphatic heterocycles. The summed E-state index contributed by atoms with van der Waals surface area (Å²) in [5.74, 6) is 1.11. The molecule has 0 aliphatic carbocycles. The van der Waals surface area contributed by atoms with E-state index < -0.39 is 0 Å². The first-order valence-electron chi connectivity index (χ1n) is 7.59. The van der Waals surface area contributed by atoms with E-state index in [-0.39, 0.29) is 24.4 Å². The van der Waals surface area contributed by atoms with E-state index >= 15 is 0 Å². The summed E-state index contributed by atoms with van der Waals surface area (Å²) < 4.78 is 11.3. The fourth-order valence-corrected chi connectivity index (χ4v) is 4.00. The smallest absolute Gasteiger partial charge is 0.251 e. The zero-order valence-electron chi connectivity index (χ0n) is 13.2. The number of halogens is 2. The van der Waals surface area contributed by atoms with E-state index in [2.05, 4.69) is 26.6 Å². The quantitative estimate of drug-likeness (QED) is 0.809. The molecule has 1 amide bonds. The average Bonchev–Trinajstić information content (AvgIpc) is 2.86. The molecule has 1 aromatic carbocycles. The lowest BCUT2D eigenvalue weighted by atomic mass is 9.99. The maximum Gasteiger partial charge on any atom is 0.251 e. The molecule has 7 heteroatoms.